The molecule has 0 saturated heterocycles. The van der Waals surface area contributed by atoms with E-state index >= 15 is 0 Å². The van der Waals surface area contributed by atoms with Gasteiger partial charge in [-0.15, -0.1) is 11.3 Å². The molecule has 3 nitrogen and oxygen atoms in total. The highest BCUT2D eigenvalue weighted by Crippen LogP contribution is 2.14. The number of aryl methyl sites for hydroxylation is 2. The number of hydrogen-bond acceptors (Lipinski definition) is 4. The van der Waals surface area contributed by atoms with Crippen molar-refractivity contribution in [3.05, 3.63) is 45.5 Å². The number of rotatable bonds is 7. The van der Waals surface area contributed by atoms with E-state index in [0.717, 1.165) is 31.9 Å². The van der Waals surface area contributed by atoms with E-state index in [4.69, 9.17) is 4.42 Å². The van der Waals surface area contributed by atoms with Crippen LogP contribution in [0.4, 0.5) is 0 Å². The van der Waals surface area contributed by atoms with Crippen LogP contribution in [0.15, 0.2) is 28.9 Å². The Kier molecular flexibility index (Phi) is 5.19. The van der Waals surface area contributed by atoms with Crippen molar-refractivity contribution in [3.8, 4) is 0 Å². The van der Waals surface area contributed by atoms with Crippen LogP contribution < -0.4 is 5.32 Å². The molecular formula is C15H22N2OS. The van der Waals surface area contributed by atoms with E-state index in [2.05, 4.69) is 36.3 Å². The minimum Gasteiger partial charge on any atom is -0.469 e. The summed E-state index contributed by atoms with van der Waals surface area (Å²) in [6.07, 6.45) is 1.76. The van der Waals surface area contributed by atoms with Crippen molar-refractivity contribution in [2.45, 2.75) is 26.9 Å². The van der Waals surface area contributed by atoms with E-state index in [9.17, 15) is 0 Å². The van der Waals surface area contributed by atoms with Gasteiger partial charge in [-0.05, 0) is 39.1 Å². The van der Waals surface area contributed by atoms with Crippen molar-refractivity contribution >= 4 is 11.3 Å². The van der Waals surface area contributed by atoms with Gasteiger partial charge in [0.2, 0.25) is 0 Å². The summed E-state index contributed by atoms with van der Waals surface area (Å²) in [7, 11) is 2.14. The fourth-order valence-corrected chi connectivity index (χ4v) is 2.87. The third-order valence-corrected chi connectivity index (χ3v) is 4.17. The molecule has 104 valence electrons. The average Bonchev–Trinajstić information content (AvgIpc) is 2.95. The lowest BCUT2D eigenvalue weighted by Gasteiger charge is -2.16. The SMILES string of the molecule is Cc1ccc(CNCCN(C)Cc2ccoc2C)s1. The molecule has 0 amide bonds. The maximum absolute atomic E-state index is 5.31. The van der Waals surface area contributed by atoms with Crippen LogP contribution in [0.5, 0.6) is 0 Å². The molecule has 19 heavy (non-hydrogen) atoms. The topological polar surface area (TPSA) is 28.4 Å². The summed E-state index contributed by atoms with van der Waals surface area (Å²) >= 11 is 1.86. The zero-order valence-electron chi connectivity index (χ0n) is 11.9. The van der Waals surface area contributed by atoms with Gasteiger partial charge in [0.1, 0.15) is 5.76 Å². The van der Waals surface area contributed by atoms with E-state index in [1.807, 2.05) is 24.3 Å². The number of hydrogen-bond donors (Lipinski definition) is 1. The molecule has 0 aliphatic heterocycles. The lowest BCUT2D eigenvalue weighted by atomic mass is 10.2. The van der Waals surface area contributed by atoms with Crippen LogP contribution in [-0.2, 0) is 13.1 Å². The zero-order chi connectivity index (χ0) is 13.7. The van der Waals surface area contributed by atoms with Crippen LogP contribution in [-0.4, -0.2) is 25.0 Å². The molecule has 2 aromatic rings. The smallest absolute Gasteiger partial charge is 0.105 e. The van der Waals surface area contributed by atoms with Gasteiger partial charge >= 0.3 is 0 Å². The predicted octanol–water partition coefficient (Wildman–Crippen LogP) is 3.18. The van der Waals surface area contributed by atoms with Crippen LogP contribution in [0, 0.1) is 13.8 Å². The van der Waals surface area contributed by atoms with E-state index in [1.54, 1.807) is 6.26 Å². The Balaban J connectivity index is 1.64. The average molecular weight is 278 g/mol. The number of nitrogens with zero attached hydrogens (tertiary/aromatic N) is 1. The molecule has 2 heterocycles. The third kappa shape index (κ3) is 4.49. The summed E-state index contributed by atoms with van der Waals surface area (Å²) in [6.45, 7) is 8.12. The van der Waals surface area contributed by atoms with E-state index in [-0.39, 0.29) is 0 Å². The number of likely N-dealkylation sites (N-methyl/N-ethyl adjacent to an activating group) is 1. The zero-order valence-corrected chi connectivity index (χ0v) is 12.7. The highest BCUT2D eigenvalue weighted by molar-refractivity contribution is 7.11. The second-order valence-corrected chi connectivity index (χ2v) is 6.30. The van der Waals surface area contributed by atoms with Gasteiger partial charge in [-0.3, -0.25) is 0 Å². The van der Waals surface area contributed by atoms with Gasteiger partial charge < -0.3 is 14.6 Å². The summed E-state index contributed by atoms with van der Waals surface area (Å²) < 4.78 is 5.31. The fourth-order valence-electron chi connectivity index (χ4n) is 2.01. The fraction of sp³-hybridized carbons (Fsp3) is 0.467. The van der Waals surface area contributed by atoms with Crippen molar-refractivity contribution in [3.63, 3.8) is 0 Å². The largest absolute Gasteiger partial charge is 0.469 e. The van der Waals surface area contributed by atoms with Gasteiger partial charge in [-0.1, -0.05) is 0 Å². The maximum Gasteiger partial charge on any atom is 0.105 e. The quantitative estimate of drug-likeness (QED) is 0.789. The van der Waals surface area contributed by atoms with Crippen molar-refractivity contribution in [2.75, 3.05) is 20.1 Å². The lowest BCUT2D eigenvalue weighted by Crippen LogP contribution is -2.28. The summed E-state index contributed by atoms with van der Waals surface area (Å²) in [5.74, 6) is 1.02. The predicted molar refractivity (Wildman–Crippen MR) is 80.5 cm³/mol. The lowest BCUT2D eigenvalue weighted by molar-refractivity contribution is 0.321. The summed E-state index contributed by atoms with van der Waals surface area (Å²) in [4.78, 5) is 5.10. The number of thiophene rings is 1. The molecule has 1 N–H and O–H groups in total. The molecule has 0 spiro atoms. The minimum absolute atomic E-state index is 0.947. The number of furan rings is 1. The molecule has 4 heteroatoms. The normalized spacial score (nSPS) is 11.4. The second-order valence-electron chi connectivity index (χ2n) is 4.93. The monoisotopic (exact) mass is 278 g/mol. The molecule has 0 aliphatic rings. The molecule has 0 bridgehead atoms. The first-order valence-corrected chi connectivity index (χ1v) is 7.44. The highest BCUT2D eigenvalue weighted by Gasteiger charge is 2.05. The first-order valence-electron chi connectivity index (χ1n) is 6.62. The van der Waals surface area contributed by atoms with Gasteiger partial charge in [0.25, 0.3) is 0 Å². The van der Waals surface area contributed by atoms with Crippen molar-refractivity contribution in [1.29, 1.82) is 0 Å². The highest BCUT2D eigenvalue weighted by atomic mass is 32.1. The van der Waals surface area contributed by atoms with Gasteiger partial charge in [-0.2, -0.15) is 0 Å². The Hall–Kier alpha value is -1.10. The Morgan fingerprint density at radius 1 is 1.26 bits per heavy atom. The molecule has 2 rings (SSSR count). The summed E-state index contributed by atoms with van der Waals surface area (Å²) in [6, 6.07) is 6.43. The van der Waals surface area contributed by atoms with E-state index < -0.39 is 0 Å². The summed E-state index contributed by atoms with van der Waals surface area (Å²) in [5, 5.41) is 3.49. The first kappa shape index (κ1) is 14.3. The molecular weight excluding hydrogens is 256 g/mol. The van der Waals surface area contributed by atoms with Crippen LogP contribution in [0.1, 0.15) is 21.1 Å². The molecule has 0 unspecified atom stereocenters. The van der Waals surface area contributed by atoms with Gasteiger partial charge in [-0.25, -0.2) is 0 Å². The molecule has 0 aliphatic carbocycles. The van der Waals surface area contributed by atoms with Crippen molar-refractivity contribution < 1.29 is 4.42 Å². The first-order chi connectivity index (χ1) is 9.15. The molecule has 0 fully saturated rings. The van der Waals surface area contributed by atoms with E-state index in [1.165, 1.54) is 15.3 Å². The second kappa shape index (κ2) is 6.89. The molecule has 0 aromatic carbocycles. The van der Waals surface area contributed by atoms with Gasteiger partial charge in [0.05, 0.1) is 6.26 Å². The van der Waals surface area contributed by atoms with Crippen LogP contribution in [0.25, 0.3) is 0 Å². The van der Waals surface area contributed by atoms with Crippen LogP contribution in [0.3, 0.4) is 0 Å². The van der Waals surface area contributed by atoms with Crippen molar-refractivity contribution in [2.24, 2.45) is 0 Å². The molecule has 2 aromatic heterocycles. The van der Waals surface area contributed by atoms with Crippen LogP contribution in [0.2, 0.25) is 0 Å². The Bertz CT molecular complexity index is 504. The molecule has 0 radical (unpaired) electrons. The number of nitrogens with one attached hydrogen (secondary N) is 1. The Morgan fingerprint density at radius 2 is 2.11 bits per heavy atom. The van der Waals surface area contributed by atoms with Gasteiger partial charge in [0.15, 0.2) is 0 Å². The Morgan fingerprint density at radius 3 is 2.74 bits per heavy atom. The maximum atomic E-state index is 5.31. The van der Waals surface area contributed by atoms with Crippen molar-refractivity contribution in [1.82, 2.24) is 10.2 Å². The third-order valence-electron chi connectivity index (χ3n) is 3.17. The summed E-state index contributed by atoms with van der Waals surface area (Å²) in [5.41, 5.74) is 1.27. The van der Waals surface area contributed by atoms with Gasteiger partial charge in [0, 0.05) is 41.5 Å². The minimum atomic E-state index is 0.947. The molecule has 0 saturated carbocycles. The van der Waals surface area contributed by atoms with E-state index in [0.29, 0.717) is 0 Å². The Labute approximate surface area is 119 Å². The molecule has 0 atom stereocenters. The van der Waals surface area contributed by atoms with Crippen LogP contribution >= 0.6 is 11.3 Å². The standard InChI is InChI=1S/C15H22N2OS/c1-12-4-5-15(19-12)10-16-7-8-17(3)11-14-6-9-18-13(14)2/h4-6,9,16H,7-8,10-11H2,1-3H3.